The lowest BCUT2D eigenvalue weighted by Gasteiger charge is -2.08. The molecule has 0 aliphatic carbocycles. The zero-order valence-electron chi connectivity index (χ0n) is 10.1. The van der Waals surface area contributed by atoms with Crippen molar-refractivity contribution in [2.45, 2.75) is 10.8 Å². The van der Waals surface area contributed by atoms with Crippen molar-refractivity contribution in [3.63, 3.8) is 0 Å². The quantitative estimate of drug-likeness (QED) is 0.811. The molecule has 0 aliphatic heterocycles. The van der Waals surface area contributed by atoms with Crippen LogP contribution in [0.15, 0.2) is 41.7 Å². The van der Waals surface area contributed by atoms with E-state index < -0.39 is 9.84 Å². The van der Waals surface area contributed by atoms with Gasteiger partial charge in [0.1, 0.15) is 12.1 Å². The fraction of sp³-hybridized carbons (Fsp3) is 0.167. The molecule has 0 saturated heterocycles. The van der Waals surface area contributed by atoms with E-state index in [4.69, 9.17) is 16.3 Å². The van der Waals surface area contributed by atoms with Crippen molar-refractivity contribution in [1.82, 2.24) is 9.97 Å². The van der Waals surface area contributed by atoms with Crippen molar-refractivity contribution < 1.29 is 13.2 Å². The van der Waals surface area contributed by atoms with Crippen LogP contribution in [0.5, 0.6) is 11.6 Å². The predicted molar refractivity (Wildman–Crippen MR) is 71.2 cm³/mol. The summed E-state index contributed by atoms with van der Waals surface area (Å²) >= 11 is 5.75. The van der Waals surface area contributed by atoms with Crippen molar-refractivity contribution in [1.29, 1.82) is 0 Å². The Morgan fingerprint density at radius 1 is 1.37 bits per heavy atom. The smallest absolute Gasteiger partial charge is 0.226 e. The molecule has 0 fully saturated rings. The summed E-state index contributed by atoms with van der Waals surface area (Å²) in [4.78, 5) is 8.00. The van der Waals surface area contributed by atoms with Crippen molar-refractivity contribution in [2.75, 3.05) is 6.26 Å². The van der Waals surface area contributed by atoms with E-state index in [1.165, 1.54) is 18.5 Å². The third-order valence-corrected chi connectivity index (χ3v) is 3.74. The van der Waals surface area contributed by atoms with Crippen LogP contribution in [0.25, 0.3) is 0 Å². The van der Waals surface area contributed by atoms with Crippen molar-refractivity contribution in [3.05, 3.63) is 42.4 Å². The predicted octanol–water partition coefficient (Wildman–Crippen LogP) is 2.41. The highest BCUT2D eigenvalue weighted by atomic mass is 35.5. The molecule has 1 aromatic heterocycles. The summed E-state index contributed by atoms with van der Waals surface area (Å²) in [5.41, 5.74) is 0.633. The maximum Gasteiger partial charge on any atom is 0.226 e. The number of sulfone groups is 1. The van der Waals surface area contributed by atoms with E-state index in [1.54, 1.807) is 18.3 Å². The van der Waals surface area contributed by atoms with Crippen LogP contribution in [0.3, 0.4) is 0 Å². The molecule has 0 atom stereocenters. The van der Waals surface area contributed by atoms with Gasteiger partial charge in [-0.3, -0.25) is 0 Å². The number of aromatic nitrogens is 2. The van der Waals surface area contributed by atoms with E-state index >= 15 is 0 Å². The minimum absolute atomic E-state index is 0.187. The van der Waals surface area contributed by atoms with Crippen molar-refractivity contribution >= 4 is 21.4 Å². The second kappa shape index (κ2) is 5.54. The van der Waals surface area contributed by atoms with Gasteiger partial charge in [0.05, 0.1) is 10.8 Å². The number of halogens is 1. The Balaban J connectivity index is 2.34. The van der Waals surface area contributed by atoms with E-state index in [1.807, 2.05) is 0 Å². The first kappa shape index (κ1) is 13.8. The van der Waals surface area contributed by atoms with Crippen LogP contribution < -0.4 is 4.74 Å². The molecule has 1 aromatic carbocycles. The molecule has 0 spiro atoms. The minimum atomic E-state index is -3.27. The van der Waals surface area contributed by atoms with Crippen LogP contribution in [0, 0.1) is 0 Å². The molecule has 1 heterocycles. The molecule has 0 radical (unpaired) electrons. The van der Waals surface area contributed by atoms with Crippen LogP contribution in [-0.2, 0) is 15.7 Å². The first-order valence-corrected chi connectivity index (χ1v) is 7.76. The number of benzene rings is 1. The third kappa shape index (κ3) is 3.42. The molecule has 0 aliphatic rings. The Bertz CT molecular complexity index is 689. The van der Waals surface area contributed by atoms with Gasteiger partial charge in [0.25, 0.3) is 0 Å². The van der Waals surface area contributed by atoms with E-state index in [-0.39, 0.29) is 10.8 Å². The number of alkyl halides is 1. The average Bonchev–Trinajstić information content (AvgIpc) is 2.39. The highest BCUT2D eigenvalue weighted by Crippen LogP contribution is 2.25. The van der Waals surface area contributed by atoms with Gasteiger partial charge in [0.2, 0.25) is 5.88 Å². The van der Waals surface area contributed by atoms with E-state index in [2.05, 4.69) is 9.97 Å². The minimum Gasteiger partial charge on any atom is -0.439 e. The summed E-state index contributed by atoms with van der Waals surface area (Å²) in [6.45, 7) is 0. The summed E-state index contributed by atoms with van der Waals surface area (Å²) in [7, 11) is -3.27. The first-order chi connectivity index (χ1) is 9.00. The Labute approximate surface area is 116 Å². The van der Waals surface area contributed by atoms with Gasteiger partial charge in [-0.25, -0.2) is 18.4 Å². The Hall–Kier alpha value is -1.66. The van der Waals surface area contributed by atoms with Gasteiger partial charge in [-0.2, -0.15) is 0 Å². The Morgan fingerprint density at radius 2 is 2.16 bits per heavy atom. The SMILES string of the molecule is CS(=O)(=O)c1cccc(Oc2ncncc2CCl)c1. The molecular formula is C12H11ClN2O3S. The molecular weight excluding hydrogens is 288 g/mol. The van der Waals surface area contributed by atoms with Gasteiger partial charge in [0, 0.05) is 18.0 Å². The zero-order valence-corrected chi connectivity index (χ0v) is 11.6. The maximum atomic E-state index is 11.5. The highest BCUT2D eigenvalue weighted by molar-refractivity contribution is 7.90. The Morgan fingerprint density at radius 3 is 2.84 bits per heavy atom. The van der Waals surface area contributed by atoms with Crippen LogP contribution in [0.1, 0.15) is 5.56 Å². The van der Waals surface area contributed by atoms with Crippen LogP contribution >= 0.6 is 11.6 Å². The molecule has 0 unspecified atom stereocenters. The summed E-state index contributed by atoms with van der Waals surface area (Å²) in [6, 6.07) is 6.20. The lowest BCUT2D eigenvalue weighted by molar-refractivity contribution is 0.455. The molecule has 0 N–H and O–H groups in total. The molecule has 100 valence electrons. The third-order valence-electron chi connectivity index (χ3n) is 2.34. The van der Waals surface area contributed by atoms with Crippen molar-refractivity contribution in [2.24, 2.45) is 0 Å². The average molecular weight is 299 g/mol. The van der Waals surface area contributed by atoms with Gasteiger partial charge in [0.15, 0.2) is 9.84 Å². The topological polar surface area (TPSA) is 69.2 Å². The standard InChI is InChI=1S/C12H11ClN2O3S/c1-19(16,17)11-4-2-3-10(5-11)18-12-9(6-13)7-14-8-15-12/h2-5,7-8H,6H2,1H3. The number of hydrogen-bond acceptors (Lipinski definition) is 5. The Kier molecular flexibility index (Phi) is 4.01. The summed E-state index contributed by atoms with van der Waals surface area (Å²) in [5, 5.41) is 0. The van der Waals surface area contributed by atoms with Crippen molar-refractivity contribution in [3.8, 4) is 11.6 Å². The molecule has 2 aromatic rings. The fourth-order valence-electron chi connectivity index (χ4n) is 1.41. The molecule has 5 nitrogen and oxygen atoms in total. The lowest BCUT2D eigenvalue weighted by atomic mass is 10.3. The monoisotopic (exact) mass is 298 g/mol. The van der Waals surface area contributed by atoms with E-state index in [9.17, 15) is 8.42 Å². The summed E-state index contributed by atoms with van der Waals surface area (Å²) in [6.07, 6.45) is 4.03. The summed E-state index contributed by atoms with van der Waals surface area (Å²) < 4.78 is 28.5. The largest absolute Gasteiger partial charge is 0.439 e. The van der Waals surface area contributed by atoms with Gasteiger partial charge >= 0.3 is 0 Å². The molecule has 0 amide bonds. The molecule has 2 rings (SSSR count). The first-order valence-electron chi connectivity index (χ1n) is 5.33. The van der Waals surface area contributed by atoms with Crippen LogP contribution in [-0.4, -0.2) is 24.6 Å². The maximum absolute atomic E-state index is 11.5. The number of hydrogen-bond donors (Lipinski definition) is 0. The molecule has 0 saturated carbocycles. The number of nitrogens with zero attached hydrogens (tertiary/aromatic N) is 2. The lowest BCUT2D eigenvalue weighted by Crippen LogP contribution is -1.98. The normalized spacial score (nSPS) is 11.3. The number of rotatable bonds is 4. The zero-order chi connectivity index (χ0) is 13.9. The van der Waals surface area contributed by atoms with Gasteiger partial charge < -0.3 is 4.74 Å². The highest BCUT2D eigenvalue weighted by Gasteiger charge is 2.10. The van der Waals surface area contributed by atoms with Gasteiger partial charge in [-0.05, 0) is 18.2 Å². The van der Waals surface area contributed by atoms with Crippen LogP contribution in [0.4, 0.5) is 0 Å². The summed E-state index contributed by atoms with van der Waals surface area (Å²) in [5.74, 6) is 0.908. The van der Waals surface area contributed by atoms with Crippen LogP contribution in [0.2, 0.25) is 0 Å². The second-order valence-corrected chi connectivity index (χ2v) is 6.12. The van der Waals surface area contributed by atoms with E-state index in [0.717, 1.165) is 6.26 Å². The molecule has 19 heavy (non-hydrogen) atoms. The second-order valence-electron chi connectivity index (χ2n) is 3.84. The molecule has 0 bridgehead atoms. The number of ether oxygens (including phenoxy) is 1. The van der Waals surface area contributed by atoms with Gasteiger partial charge in [-0.15, -0.1) is 11.6 Å². The van der Waals surface area contributed by atoms with Gasteiger partial charge in [-0.1, -0.05) is 6.07 Å². The molecule has 7 heteroatoms. The van der Waals surface area contributed by atoms with E-state index in [0.29, 0.717) is 17.2 Å². The fourth-order valence-corrected chi connectivity index (χ4v) is 2.25.